The van der Waals surface area contributed by atoms with Crippen LogP contribution in [-0.2, 0) is 6.61 Å². The highest BCUT2D eigenvalue weighted by molar-refractivity contribution is 6.30. The first-order chi connectivity index (χ1) is 10.0. The Bertz CT molecular complexity index is 629. The normalized spacial score (nSPS) is 12.0. The molecule has 3 nitrogen and oxygen atoms in total. The molecule has 0 saturated carbocycles. The van der Waals surface area contributed by atoms with Crippen LogP contribution in [0.15, 0.2) is 36.4 Å². The molecular formula is C16H16ClFO3. The molecule has 0 aliphatic carbocycles. The summed E-state index contributed by atoms with van der Waals surface area (Å²) in [4.78, 5) is 0. The van der Waals surface area contributed by atoms with Crippen LogP contribution in [0.25, 0.3) is 0 Å². The monoisotopic (exact) mass is 310 g/mol. The van der Waals surface area contributed by atoms with Gasteiger partial charge in [0, 0.05) is 0 Å². The van der Waals surface area contributed by atoms with Crippen LogP contribution in [0.4, 0.5) is 4.39 Å². The summed E-state index contributed by atoms with van der Waals surface area (Å²) in [6.45, 7) is 1.87. The molecule has 1 N–H and O–H groups in total. The second-order valence-electron chi connectivity index (χ2n) is 4.62. The Morgan fingerprint density at radius 1 is 1.19 bits per heavy atom. The van der Waals surface area contributed by atoms with Crippen LogP contribution in [0.3, 0.4) is 0 Å². The third-order valence-electron chi connectivity index (χ3n) is 3.05. The van der Waals surface area contributed by atoms with Gasteiger partial charge in [-0.05, 0) is 42.3 Å². The highest BCUT2D eigenvalue weighted by Gasteiger charge is 2.09. The largest absolute Gasteiger partial charge is 0.493 e. The fraction of sp³-hybridized carbons (Fsp3) is 0.250. The van der Waals surface area contributed by atoms with Crippen molar-refractivity contribution in [2.75, 3.05) is 7.11 Å². The Morgan fingerprint density at radius 2 is 1.95 bits per heavy atom. The maximum absolute atomic E-state index is 13.4. The average Bonchev–Trinajstić information content (AvgIpc) is 2.48. The minimum absolute atomic E-state index is 0.0811. The lowest BCUT2D eigenvalue weighted by Crippen LogP contribution is -2.00. The standard InChI is InChI=1S/C16H16ClFO3/c1-10(19)12-4-6-15(16(8-12)20-2)21-9-11-3-5-13(17)14(18)7-11/h3-8,10,19H,9H2,1-2H3. The second kappa shape index (κ2) is 6.78. The van der Waals surface area contributed by atoms with Crippen LogP contribution in [0.5, 0.6) is 11.5 Å². The molecule has 0 bridgehead atoms. The number of aliphatic hydroxyl groups excluding tert-OH is 1. The summed E-state index contributed by atoms with van der Waals surface area (Å²) in [6, 6.07) is 9.70. The molecule has 0 saturated heterocycles. The molecule has 0 aliphatic rings. The van der Waals surface area contributed by atoms with E-state index in [0.29, 0.717) is 17.1 Å². The Labute approximate surface area is 127 Å². The first-order valence-electron chi connectivity index (χ1n) is 6.44. The Kier molecular flexibility index (Phi) is 5.04. The fourth-order valence-electron chi connectivity index (χ4n) is 1.85. The summed E-state index contributed by atoms with van der Waals surface area (Å²) in [5, 5.41) is 9.63. The van der Waals surface area contributed by atoms with Gasteiger partial charge in [-0.1, -0.05) is 23.7 Å². The molecule has 0 aliphatic heterocycles. The molecule has 112 valence electrons. The molecule has 5 heteroatoms. The van der Waals surface area contributed by atoms with E-state index >= 15 is 0 Å². The van der Waals surface area contributed by atoms with Gasteiger partial charge in [0.15, 0.2) is 11.5 Å². The van der Waals surface area contributed by atoms with E-state index in [9.17, 15) is 9.50 Å². The third kappa shape index (κ3) is 3.86. The number of methoxy groups -OCH3 is 1. The maximum atomic E-state index is 13.4. The molecule has 0 spiro atoms. The average molecular weight is 311 g/mol. The molecule has 2 aromatic rings. The van der Waals surface area contributed by atoms with Crippen LogP contribution < -0.4 is 9.47 Å². The van der Waals surface area contributed by atoms with Gasteiger partial charge in [0.2, 0.25) is 0 Å². The molecular weight excluding hydrogens is 295 g/mol. The maximum Gasteiger partial charge on any atom is 0.161 e. The quantitative estimate of drug-likeness (QED) is 0.903. The summed E-state index contributed by atoms with van der Waals surface area (Å²) >= 11 is 5.63. The van der Waals surface area contributed by atoms with Gasteiger partial charge in [0.25, 0.3) is 0 Å². The van der Waals surface area contributed by atoms with Gasteiger partial charge in [-0.3, -0.25) is 0 Å². The summed E-state index contributed by atoms with van der Waals surface area (Å²) in [6.07, 6.45) is -0.585. The first-order valence-corrected chi connectivity index (χ1v) is 6.81. The minimum Gasteiger partial charge on any atom is -0.493 e. The number of hydrogen-bond donors (Lipinski definition) is 1. The van der Waals surface area contributed by atoms with Crippen molar-refractivity contribution in [3.63, 3.8) is 0 Å². The van der Waals surface area contributed by atoms with Gasteiger partial charge < -0.3 is 14.6 Å². The van der Waals surface area contributed by atoms with Crippen LogP contribution in [0.2, 0.25) is 5.02 Å². The van der Waals surface area contributed by atoms with Crippen LogP contribution in [0.1, 0.15) is 24.2 Å². The molecule has 0 radical (unpaired) electrons. The van der Waals surface area contributed by atoms with Crippen molar-refractivity contribution in [3.05, 3.63) is 58.4 Å². The summed E-state index contributed by atoms with van der Waals surface area (Å²) < 4.78 is 24.2. The zero-order valence-corrected chi connectivity index (χ0v) is 12.5. The van der Waals surface area contributed by atoms with Crippen molar-refractivity contribution in [2.24, 2.45) is 0 Å². The van der Waals surface area contributed by atoms with Crippen LogP contribution in [-0.4, -0.2) is 12.2 Å². The SMILES string of the molecule is COc1cc(C(C)O)ccc1OCc1ccc(Cl)c(F)c1. The molecule has 2 rings (SSSR count). The lowest BCUT2D eigenvalue weighted by atomic mass is 10.1. The van der Waals surface area contributed by atoms with Crippen molar-refractivity contribution < 1.29 is 19.0 Å². The van der Waals surface area contributed by atoms with E-state index in [1.807, 2.05) is 0 Å². The fourth-order valence-corrected chi connectivity index (χ4v) is 1.97. The van der Waals surface area contributed by atoms with Gasteiger partial charge >= 0.3 is 0 Å². The summed E-state index contributed by atoms with van der Waals surface area (Å²) in [5.41, 5.74) is 1.40. The predicted octanol–water partition coefficient (Wildman–Crippen LogP) is 4.12. The molecule has 2 aromatic carbocycles. The topological polar surface area (TPSA) is 38.7 Å². The van der Waals surface area contributed by atoms with E-state index in [1.165, 1.54) is 19.2 Å². The van der Waals surface area contributed by atoms with E-state index in [0.717, 1.165) is 5.56 Å². The first kappa shape index (κ1) is 15.6. The van der Waals surface area contributed by atoms with E-state index < -0.39 is 11.9 Å². The number of rotatable bonds is 5. The van der Waals surface area contributed by atoms with E-state index in [2.05, 4.69) is 0 Å². The molecule has 0 amide bonds. The number of benzene rings is 2. The van der Waals surface area contributed by atoms with Crippen molar-refractivity contribution in [1.82, 2.24) is 0 Å². The molecule has 1 unspecified atom stereocenters. The lowest BCUT2D eigenvalue weighted by Gasteiger charge is -2.13. The van der Waals surface area contributed by atoms with Crippen molar-refractivity contribution in [3.8, 4) is 11.5 Å². The lowest BCUT2D eigenvalue weighted by molar-refractivity contribution is 0.198. The van der Waals surface area contributed by atoms with Crippen molar-refractivity contribution >= 4 is 11.6 Å². The number of halogens is 2. The Balaban J connectivity index is 2.13. The van der Waals surface area contributed by atoms with E-state index in [4.69, 9.17) is 21.1 Å². The molecule has 1 atom stereocenters. The van der Waals surface area contributed by atoms with Gasteiger partial charge in [0.1, 0.15) is 12.4 Å². The summed E-state index contributed by atoms with van der Waals surface area (Å²) in [7, 11) is 1.52. The van der Waals surface area contributed by atoms with Crippen molar-refractivity contribution in [1.29, 1.82) is 0 Å². The predicted molar refractivity (Wildman–Crippen MR) is 79.4 cm³/mol. The zero-order chi connectivity index (χ0) is 15.4. The van der Waals surface area contributed by atoms with Crippen LogP contribution in [0, 0.1) is 5.82 Å². The third-order valence-corrected chi connectivity index (χ3v) is 3.35. The molecule has 21 heavy (non-hydrogen) atoms. The van der Waals surface area contributed by atoms with Gasteiger partial charge in [0.05, 0.1) is 18.2 Å². The summed E-state index contributed by atoms with van der Waals surface area (Å²) in [5.74, 6) is 0.564. The molecule has 0 fully saturated rings. The van der Waals surface area contributed by atoms with Gasteiger partial charge in [-0.25, -0.2) is 4.39 Å². The highest BCUT2D eigenvalue weighted by Crippen LogP contribution is 2.31. The number of ether oxygens (including phenoxy) is 2. The Morgan fingerprint density at radius 3 is 2.57 bits per heavy atom. The zero-order valence-electron chi connectivity index (χ0n) is 11.8. The van der Waals surface area contributed by atoms with E-state index in [1.54, 1.807) is 31.2 Å². The second-order valence-corrected chi connectivity index (χ2v) is 5.03. The number of aliphatic hydroxyl groups is 1. The smallest absolute Gasteiger partial charge is 0.161 e. The van der Waals surface area contributed by atoms with E-state index in [-0.39, 0.29) is 11.6 Å². The van der Waals surface area contributed by atoms with Crippen molar-refractivity contribution in [2.45, 2.75) is 19.6 Å². The number of hydrogen-bond acceptors (Lipinski definition) is 3. The molecule has 0 aromatic heterocycles. The Hall–Kier alpha value is -1.78. The van der Waals surface area contributed by atoms with Gasteiger partial charge in [-0.15, -0.1) is 0 Å². The van der Waals surface area contributed by atoms with Crippen LogP contribution >= 0.6 is 11.6 Å². The van der Waals surface area contributed by atoms with Gasteiger partial charge in [-0.2, -0.15) is 0 Å². The minimum atomic E-state index is -0.585. The molecule has 0 heterocycles. The highest BCUT2D eigenvalue weighted by atomic mass is 35.5.